The Balaban J connectivity index is 1.11. The molecule has 0 aliphatic carbocycles. The number of methoxy groups -OCH3 is 1. The summed E-state index contributed by atoms with van der Waals surface area (Å²) in [4.78, 5) is 39.9. The summed E-state index contributed by atoms with van der Waals surface area (Å²) >= 11 is 6.66. The highest BCUT2D eigenvalue weighted by Crippen LogP contribution is 2.29. The standard InChI is InChI=1S/C46H55ClN6O8/c1-30-17-18-32(43(54)48-19-21-57-6)25-37(30)52-31(2)24-38(42(47)44(52)55)61-29-34-13-8-7-12-33(34)28-49-45(56)50-40-27-39(46(3,4)5)51-53(40)35-14-11-15-36(26-35)58-22-23-60-41-16-9-10-20-59-41/h7-8,11-15,17-18,24-27,41H,9-10,16,19-23,28-29H2,1-6H3,(H,48,54)(H2,49,50,56). The largest absolute Gasteiger partial charge is 0.491 e. The van der Waals surface area contributed by atoms with Crippen molar-refractivity contribution in [2.45, 2.75) is 78.7 Å². The molecule has 0 radical (unpaired) electrons. The summed E-state index contributed by atoms with van der Waals surface area (Å²) in [5.74, 6) is 1.07. The van der Waals surface area contributed by atoms with Gasteiger partial charge in [-0.1, -0.05) is 68.8 Å². The van der Waals surface area contributed by atoms with Gasteiger partial charge in [0.15, 0.2) is 6.29 Å². The van der Waals surface area contributed by atoms with E-state index in [1.807, 2.05) is 61.5 Å². The molecule has 1 fully saturated rings. The quantitative estimate of drug-likeness (QED) is 0.0795. The van der Waals surface area contributed by atoms with Gasteiger partial charge >= 0.3 is 6.03 Å². The van der Waals surface area contributed by atoms with Crippen LogP contribution in [0.15, 0.2) is 83.7 Å². The van der Waals surface area contributed by atoms with Gasteiger partial charge in [-0.05, 0) is 74.1 Å². The Kier molecular flexibility index (Phi) is 15.3. The maximum atomic E-state index is 13.7. The number of halogens is 1. The number of carbonyl (C=O) groups is 2. The predicted molar refractivity (Wildman–Crippen MR) is 235 cm³/mol. The van der Waals surface area contributed by atoms with Gasteiger partial charge in [-0.15, -0.1) is 0 Å². The SMILES string of the molecule is COCCNC(=O)c1ccc(C)c(-n2c(C)cc(OCc3ccccc3CNC(=O)Nc3cc(C(C)(C)C)nn3-c3cccc(OCCOC4CCCCO4)c3)c(Cl)c2=O)c1. The molecule has 1 aliphatic heterocycles. The van der Waals surface area contributed by atoms with Crippen LogP contribution in [0, 0.1) is 13.8 Å². The molecule has 14 nitrogen and oxygen atoms in total. The highest BCUT2D eigenvalue weighted by molar-refractivity contribution is 6.31. The molecule has 5 aromatic rings. The van der Waals surface area contributed by atoms with Crippen molar-refractivity contribution in [2.24, 2.45) is 0 Å². The second-order valence-corrected chi connectivity index (χ2v) is 16.2. The highest BCUT2D eigenvalue weighted by atomic mass is 35.5. The molecule has 3 heterocycles. The van der Waals surface area contributed by atoms with E-state index in [0.29, 0.717) is 60.6 Å². The van der Waals surface area contributed by atoms with Gasteiger partial charge in [-0.25, -0.2) is 9.48 Å². The molecule has 1 atom stereocenters. The van der Waals surface area contributed by atoms with Crippen LogP contribution in [0.5, 0.6) is 11.5 Å². The second-order valence-electron chi connectivity index (χ2n) is 15.8. The van der Waals surface area contributed by atoms with E-state index < -0.39 is 11.6 Å². The molecule has 2 aromatic heterocycles. The summed E-state index contributed by atoms with van der Waals surface area (Å²) in [6.07, 6.45) is 2.87. The lowest BCUT2D eigenvalue weighted by atomic mass is 9.92. The maximum absolute atomic E-state index is 13.7. The van der Waals surface area contributed by atoms with Crippen LogP contribution >= 0.6 is 11.6 Å². The summed E-state index contributed by atoms with van der Waals surface area (Å²) in [7, 11) is 1.56. The molecule has 61 heavy (non-hydrogen) atoms. The summed E-state index contributed by atoms with van der Waals surface area (Å²) in [5.41, 5.74) is 4.63. The fraction of sp³-hybridized carbons (Fsp3) is 0.391. The maximum Gasteiger partial charge on any atom is 0.320 e. The van der Waals surface area contributed by atoms with Crippen LogP contribution in [-0.2, 0) is 32.8 Å². The van der Waals surface area contributed by atoms with E-state index in [-0.39, 0.29) is 41.5 Å². The number of aryl methyl sites for hydroxylation is 2. The van der Waals surface area contributed by atoms with Gasteiger partial charge < -0.3 is 34.3 Å². The third-order valence-corrected chi connectivity index (χ3v) is 10.5. The third-order valence-electron chi connectivity index (χ3n) is 10.1. The van der Waals surface area contributed by atoms with Gasteiger partial charge in [-0.3, -0.25) is 19.5 Å². The van der Waals surface area contributed by atoms with Crippen molar-refractivity contribution < 1.29 is 33.3 Å². The number of benzene rings is 3. The number of nitrogens with one attached hydrogen (secondary N) is 3. The number of amides is 3. The summed E-state index contributed by atoms with van der Waals surface area (Å²) in [6, 6.07) is 23.3. The molecule has 3 aromatic carbocycles. The Morgan fingerprint density at radius 3 is 2.48 bits per heavy atom. The van der Waals surface area contributed by atoms with Crippen molar-refractivity contribution in [1.29, 1.82) is 0 Å². The fourth-order valence-corrected chi connectivity index (χ4v) is 6.92. The van der Waals surface area contributed by atoms with E-state index in [4.69, 9.17) is 40.4 Å². The molecule has 0 bridgehead atoms. The average molecular weight is 855 g/mol. The van der Waals surface area contributed by atoms with Gasteiger partial charge in [0.1, 0.15) is 35.6 Å². The fourth-order valence-electron chi connectivity index (χ4n) is 6.73. The normalized spacial score (nSPS) is 14.0. The van der Waals surface area contributed by atoms with Gasteiger partial charge in [0.25, 0.3) is 11.5 Å². The Morgan fingerprint density at radius 2 is 1.72 bits per heavy atom. The molecular weight excluding hydrogens is 800 g/mol. The molecule has 1 unspecified atom stereocenters. The van der Waals surface area contributed by atoms with Crippen molar-refractivity contribution in [3.05, 3.63) is 128 Å². The van der Waals surface area contributed by atoms with Crippen molar-refractivity contribution in [3.63, 3.8) is 0 Å². The van der Waals surface area contributed by atoms with E-state index in [0.717, 1.165) is 48.3 Å². The van der Waals surface area contributed by atoms with Crippen molar-refractivity contribution in [1.82, 2.24) is 25.0 Å². The van der Waals surface area contributed by atoms with Crippen LogP contribution in [-0.4, -0.2) is 72.7 Å². The number of aromatic nitrogens is 3. The number of anilines is 1. The minimum absolute atomic E-state index is 0.0822. The minimum Gasteiger partial charge on any atom is -0.491 e. The number of rotatable bonds is 17. The van der Waals surface area contributed by atoms with Crippen LogP contribution in [0.2, 0.25) is 5.02 Å². The van der Waals surface area contributed by atoms with Crippen molar-refractivity contribution in [3.8, 4) is 22.9 Å². The highest BCUT2D eigenvalue weighted by Gasteiger charge is 2.23. The van der Waals surface area contributed by atoms with Crippen LogP contribution in [0.4, 0.5) is 10.6 Å². The molecule has 0 spiro atoms. The van der Waals surface area contributed by atoms with Gasteiger partial charge in [0, 0.05) is 61.7 Å². The van der Waals surface area contributed by atoms with Crippen molar-refractivity contribution >= 4 is 29.4 Å². The molecule has 1 saturated heterocycles. The zero-order chi connectivity index (χ0) is 43.5. The molecule has 1 aliphatic rings. The van der Waals surface area contributed by atoms with E-state index in [1.54, 1.807) is 43.0 Å². The number of carbonyl (C=O) groups excluding carboxylic acids is 2. The molecule has 3 N–H and O–H groups in total. The number of urea groups is 1. The lowest BCUT2D eigenvalue weighted by molar-refractivity contribution is -0.165. The second kappa shape index (κ2) is 20.7. The molecule has 0 saturated carbocycles. The van der Waals surface area contributed by atoms with Crippen LogP contribution in [0.1, 0.15) is 78.5 Å². The van der Waals surface area contributed by atoms with E-state index in [1.165, 1.54) is 4.57 Å². The Hall–Kier alpha value is -5.67. The molecular formula is C46H55ClN6O8. The average Bonchev–Trinajstić information content (AvgIpc) is 3.68. The number of hydrogen-bond acceptors (Lipinski definition) is 9. The molecule has 6 rings (SSSR count). The zero-order valence-electron chi connectivity index (χ0n) is 35.6. The van der Waals surface area contributed by atoms with Crippen LogP contribution in [0.25, 0.3) is 11.4 Å². The smallest absolute Gasteiger partial charge is 0.320 e. The Bertz CT molecular complexity index is 2370. The van der Waals surface area contributed by atoms with Crippen molar-refractivity contribution in [2.75, 3.05) is 45.4 Å². The van der Waals surface area contributed by atoms with E-state index in [9.17, 15) is 14.4 Å². The third kappa shape index (κ3) is 11.8. The number of nitrogens with zero attached hydrogens (tertiary/aromatic N) is 3. The Labute approximate surface area is 361 Å². The topological polar surface area (TPSA) is 156 Å². The van der Waals surface area contributed by atoms with Gasteiger partial charge in [0.2, 0.25) is 0 Å². The Morgan fingerprint density at radius 1 is 0.918 bits per heavy atom. The summed E-state index contributed by atoms with van der Waals surface area (Å²) in [6.45, 7) is 12.3. The van der Waals surface area contributed by atoms with Gasteiger partial charge in [0.05, 0.1) is 30.3 Å². The summed E-state index contributed by atoms with van der Waals surface area (Å²) in [5, 5.41) is 13.5. The van der Waals surface area contributed by atoms with E-state index in [2.05, 4.69) is 36.7 Å². The first kappa shape index (κ1) is 44.9. The molecule has 15 heteroatoms. The predicted octanol–water partition coefficient (Wildman–Crippen LogP) is 7.79. The first-order valence-electron chi connectivity index (χ1n) is 20.4. The molecule has 324 valence electrons. The molecule has 3 amide bonds. The zero-order valence-corrected chi connectivity index (χ0v) is 36.4. The minimum atomic E-state index is -0.480. The van der Waals surface area contributed by atoms with Crippen LogP contribution < -0.4 is 31.0 Å². The van der Waals surface area contributed by atoms with Crippen LogP contribution in [0.3, 0.4) is 0 Å². The number of pyridine rings is 1. The number of hydrogen-bond donors (Lipinski definition) is 3. The first-order chi connectivity index (χ1) is 29.3. The van der Waals surface area contributed by atoms with Gasteiger partial charge in [-0.2, -0.15) is 5.10 Å². The lowest BCUT2D eigenvalue weighted by Gasteiger charge is -2.22. The summed E-state index contributed by atoms with van der Waals surface area (Å²) < 4.78 is 31.8. The van der Waals surface area contributed by atoms with E-state index >= 15 is 0 Å². The lowest BCUT2D eigenvalue weighted by Crippen LogP contribution is -2.29. The monoisotopic (exact) mass is 854 g/mol. The first-order valence-corrected chi connectivity index (χ1v) is 20.8. The number of ether oxygens (including phenoxy) is 5.